The standard InChI is InChI=1S/C12H21NO/c1-2-3-4-5-6-9-12(14)13-10-7-8-11-13/h3-4H,2,5-11H2,1H3/b4-3-. The summed E-state index contributed by atoms with van der Waals surface area (Å²) in [5.74, 6) is 0.354. The van der Waals surface area contributed by atoms with Crippen molar-refractivity contribution in [2.75, 3.05) is 13.1 Å². The van der Waals surface area contributed by atoms with E-state index in [2.05, 4.69) is 19.1 Å². The molecule has 2 nitrogen and oxygen atoms in total. The number of unbranched alkanes of at least 4 members (excludes halogenated alkanes) is 1. The fraction of sp³-hybridized carbons (Fsp3) is 0.750. The topological polar surface area (TPSA) is 20.3 Å². The first kappa shape index (κ1) is 11.3. The smallest absolute Gasteiger partial charge is 0.222 e. The Kier molecular flexibility index (Phi) is 5.35. The second-order valence-corrected chi connectivity index (χ2v) is 3.86. The van der Waals surface area contributed by atoms with Crippen LogP contribution in [0.4, 0.5) is 0 Å². The van der Waals surface area contributed by atoms with Crippen LogP contribution < -0.4 is 0 Å². The van der Waals surface area contributed by atoms with Gasteiger partial charge in [-0.15, -0.1) is 0 Å². The molecule has 1 aliphatic heterocycles. The van der Waals surface area contributed by atoms with Gasteiger partial charge in [0.05, 0.1) is 0 Å². The molecule has 0 N–H and O–H groups in total. The Morgan fingerprint density at radius 2 is 2.00 bits per heavy atom. The van der Waals surface area contributed by atoms with Crippen LogP contribution >= 0.6 is 0 Å². The maximum atomic E-state index is 11.6. The number of amides is 1. The monoisotopic (exact) mass is 195 g/mol. The molecule has 0 aromatic heterocycles. The van der Waals surface area contributed by atoms with Gasteiger partial charge in [0.1, 0.15) is 0 Å². The molecule has 1 saturated heterocycles. The first-order valence-corrected chi connectivity index (χ1v) is 5.77. The van der Waals surface area contributed by atoms with Crippen LogP contribution in [0.25, 0.3) is 0 Å². The zero-order chi connectivity index (χ0) is 10.2. The molecule has 2 heteroatoms. The van der Waals surface area contributed by atoms with Crippen molar-refractivity contribution in [3.63, 3.8) is 0 Å². The van der Waals surface area contributed by atoms with E-state index in [1.54, 1.807) is 0 Å². The van der Waals surface area contributed by atoms with E-state index in [9.17, 15) is 4.79 Å². The molecule has 1 aliphatic rings. The molecule has 14 heavy (non-hydrogen) atoms. The predicted molar refractivity (Wildman–Crippen MR) is 59.1 cm³/mol. The lowest BCUT2D eigenvalue weighted by molar-refractivity contribution is -0.130. The van der Waals surface area contributed by atoms with Crippen molar-refractivity contribution >= 4 is 5.91 Å². The van der Waals surface area contributed by atoms with E-state index in [1.807, 2.05) is 4.90 Å². The third-order valence-electron chi connectivity index (χ3n) is 2.62. The molecule has 80 valence electrons. The highest BCUT2D eigenvalue weighted by molar-refractivity contribution is 5.76. The molecule has 0 aliphatic carbocycles. The Labute approximate surface area is 87.0 Å². The summed E-state index contributed by atoms with van der Waals surface area (Å²) in [6, 6.07) is 0. The number of rotatable bonds is 5. The SMILES string of the molecule is CC/C=C\CCCC(=O)N1CCCC1. The van der Waals surface area contributed by atoms with Gasteiger partial charge in [-0.2, -0.15) is 0 Å². The van der Waals surface area contributed by atoms with Crippen molar-refractivity contribution in [3.05, 3.63) is 12.2 Å². The van der Waals surface area contributed by atoms with E-state index in [4.69, 9.17) is 0 Å². The molecule has 0 atom stereocenters. The van der Waals surface area contributed by atoms with Crippen molar-refractivity contribution in [1.29, 1.82) is 0 Å². The summed E-state index contributed by atoms with van der Waals surface area (Å²) in [5.41, 5.74) is 0. The van der Waals surface area contributed by atoms with Gasteiger partial charge in [0, 0.05) is 19.5 Å². The van der Waals surface area contributed by atoms with Crippen molar-refractivity contribution < 1.29 is 4.79 Å². The molecule has 1 fully saturated rings. The van der Waals surface area contributed by atoms with Gasteiger partial charge in [-0.1, -0.05) is 19.1 Å². The lowest BCUT2D eigenvalue weighted by Crippen LogP contribution is -2.27. The number of allylic oxidation sites excluding steroid dienone is 2. The fourth-order valence-corrected chi connectivity index (χ4v) is 1.78. The van der Waals surface area contributed by atoms with Gasteiger partial charge in [-0.3, -0.25) is 4.79 Å². The second kappa shape index (κ2) is 6.63. The molecule has 0 radical (unpaired) electrons. The molecule has 1 rings (SSSR count). The van der Waals surface area contributed by atoms with Crippen LogP contribution in [0.2, 0.25) is 0 Å². The van der Waals surface area contributed by atoms with Crippen molar-refractivity contribution in [3.8, 4) is 0 Å². The lowest BCUT2D eigenvalue weighted by Gasteiger charge is -2.14. The predicted octanol–water partition coefficient (Wildman–Crippen LogP) is 2.75. The lowest BCUT2D eigenvalue weighted by atomic mass is 10.2. The number of hydrogen-bond donors (Lipinski definition) is 0. The summed E-state index contributed by atoms with van der Waals surface area (Å²) in [7, 11) is 0. The number of likely N-dealkylation sites (tertiary alicyclic amines) is 1. The number of carbonyl (C=O) groups excluding carboxylic acids is 1. The minimum Gasteiger partial charge on any atom is -0.343 e. The highest BCUT2D eigenvalue weighted by Gasteiger charge is 2.16. The zero-order valence-corrected chi connectivity index (χ0v) is 9.17. The Morgan fingerprint density at radius 1 is 1.29 bits per heavy atom. The van der Waals surface area contributed by atoms with Crippen molar-refractivity contribution in [2.45, 2.75) is 45.4 Å². The first-order chi connectivity index (χ1) is 6.84. The van der Waals surface area contributed by atoms with Gasteiger partial charge in [0.25, 0.3) is 0 Å². The molecule has 0 spiro atoms. The number of carbonyl (C=O) groups is 1. The zero-order valence-electron chi connectivity index (χ0n) is 9.17. The van der Waals surface area contributed by atoms with Gasteiger partial charge in [-0.05, 0) is 32.1 Å². The molecule has 0 unspecified atom stereocenters. The molecule has 1 heterocycles. The van der Waals surface area contributed by atoms with Crippen LogP contribution in [0.3, 0.4) is 0 Å². The van der Waals surface area contributed by atoms with Gasteiger partial charge >= 0.3 is 0 Å². The minimum absolute atomic E-state index is 0.354. The quantitative estimate of drug-likeness (QED) is 0.488. The van der Waals surface area contributed by atoms with Crippen LogP contribution in [-0.2, 0) is 4.79 Å². The van der Waals surface area contributed by atoms with E-state index in [1.165, 1.54) is 12.8 Å². The van der Waals surface area contributed by atoms with Crippen LogP contribution in [0.5, 0.6) is 0 Å². The summed E-state index contributed by atoms with van der Waals surface area (Å²) >= 11 is 0. The summed E-state index contributed by atoms with van der Waals surface area (Å²) in [4.78, 5) is 13.6. The molecule has 0 bridgehead atoms. The highest BCUT2D eigenvalue weighted by atomic mass is 16.2. The normalized spacial score (nSPS) is 16.8. The third-order valence-corrected chi connectivity index (χ3v) is 2.62. The molecule has 0 aromatic carbocycles. The van der Waals surface area contributed by atoms with Gasteiger partial charge < -0.3 is 4.90 Å². The average molecular weight is 195 g/mol. The van der Waals surface area contributed by atoms with E-state index in [0.29, 0.717) is 5.91 Å². The van der Waals surface area contributed by atoms with Gasteiger partial charge in [0.2, 0.25) is 5.91 Å². The van der Waals surface area contributed by atoms with Crippen LogP contribution in [0.15, 0.2) is 12.2 Å². The number of nitrogens with zero attached hydrogens (tertiary/aromatic N) is 1. The first-order valence-electron chi connectivity index (χ1n) is 5.77. The molecular weight excluding hydrogens is 174 g/mol. The summed E-state index contributed by atoms with van der Waals surface area (Å²) in [5, 5.41) is 0. The fourth-order valence-electron chi connectivity index (χ4n) is 1.78. The number of hydrogen-bond acceptors (Lipinski definition) is 1. The average Bonchev–Trinajstić information content (AvgIpc) is 2.70. The van der Waals surface area contributed by atoms with E-state index < -0.39 is 0 Å². The van der Waals surface area contributed by atoms with E-state index >= 15 is 0 Å². The highest BCUT2D eigenvalue weighted by Crippen LogP contribution is 2.10. The van der Waals surface area contributed by atoms with Crippen LogP contribution in [0, 0.1) is 0 Å². The van der Waals surface area contributed by atoms with Gasteiger partial charge in [0.15, 0.2) is 0 Å². The second-order valence-electron chi connectivity index (χ2n) is 3.86. The molecular formula is C12H21NO. The maximum absolute atomic E-state index is 11.6. The summed E-state index contributed by atoms with van der Waals surface area (Å²) in [6.45, 7) is 4.11. The minimum atomic E-state index is 0.354. The van der Waals surface area contributed by atoms with E-state index in [-0.39, 0.29) is 0 Å². The largest absolute Gasteiger partial charge is 0.343 e. The molecule has 0 aromatic rings. The van der Waals surface area contributed by atoms with Crippen molar-refractivity contribution in [1.82, 2.24) is 4.90 Å². The Hall–Kier alpha value is -0.790. The Balaban J connectivity index is 2.05. The summed E-state index contributed by atoms with van der Waals surface area (Å²) < 4.78 is 0. The molecule has 1 amide bonds. The maximum Gasteiger partial charge on any atom is 0.222 e. The van der Waals surface area contributed by atoms with Crippen molar-refractivity contribution in [2.24, 2.45) is 0 Å². The van der Waals surface area contributed by atoms with E-state index in [0.717, 1.165) is 38.8 Å². The van der Waals surface area contributed by atoms with Gasteiger partial charge in [-0.25, -0.2) is 0 Å². The Morgan fingerprint density at radius 3 is 2.64 bits per heavy atom. The molecule has 0 saturated carbocycles. The summed E-state index contributed by atoms with van der Waals surface area (Å²) in [6.07, 6.45) is 10.6. The third kappa shape index (κ3) is 3.95. The van der Waals surface area contributed by atoms with Crippen LogP contribution in [-0.4, -0.2) is 23.9 Å². The Bertz CT molecular complexity index is 192. The van der Waals surface area contributed by atoms with Crippen LogP contribution in [0.1, 0.15) is 45.4 Å².